The van der Waals surface area contributed by atoms with Crippen molar-refractivity contribution in [2.45, 2.75) is 93.4 Å². The average molecular weight is 619 g/mol. The molecule has 5 nitrogen and oxygen atoms in total. The van der Waals surface area contributed by atoms with Crippen LogP contribution in [0.5, 0.6) is 5.75 Å². The van der Waals surface area contributed by atoms with Crippen LogP contribution in [0.2, 0.25) is 5.02 Å². The minimum atomic E-state index is -1.01. The number of aromatic nitrogens is 1. The van der Waals surface area contributed by atoms with E-state index < -0.39 is 11.5 Å². The Kier molecular flexibility index (Phi) is 8.72. The lowest BCUT2D eigenvalue weighted by Crippen LogP contribution is -2.53. The fourth-order valence-electron chi connectivity index (χ4n) is 8.20. The lowest BCUT2D eigenvalue weighted by molar-refractivity contribution is -0.144. The number of nitrogens with one attached hydrogen (secondary N) is 1. The fraction of sp³-hybridized carbons (Fsp3) is 0.500. The van der Waals surface area contributed by atoms with E-state index >= 15 is 0 Å². The number of rotatable bonds is 9. The molecule has 0 radical (unpaired) electrons. The number of thioether (sulfide) groups is 1. The maximum absolute atomic E-state index is 12.8. The number of hydrogen-bond acceptors (Lipinski definition) is 5. The standard InChI is InChI=1S/C36H43ClN2O3S/c1-23(22-42-32-12-17-38-31-9-4-6-24(2)33(31)32)18-26-19-25-10-11-29(43-3)21-30(25)35(26)13-15-36(16-14-35,34(40)41)39-28-8-5-7-27(37)20-28/h5,7-8,10-12,17,20-21,23-24,26,39H,4,6,9,13-16,18-19,22H2,1-3H3,(H,40,41)/t23-,24-,26+,35?,36?/m1/s1. The van der Waals surface area contributed by atoms with Crippen molar-refractivity contribution in [1.82, 2.24) is 4.98 Å². The van der Waals surface area contributed by atoms with Gasteiger partial charge in [0.1, 0.15) is 11.3 Å². The molecule has 2 N–H and O–H groups in total. The third kappa shape index (κ3) is 5.90. The summed E-state index contributed by atoms with van der Waals surface area (Å²) in [7, 11) is 0. The molecule has 43 heavy (non-hydrogen) atoms. The van der Waals surface area contributed by atoms with Crippen molar-refractivity contribution in [3.63, 3.8) is 0 Å². The van der Waals surface area contributed by atoms with Crippen LogP contribution in [0.25, 0.3) is 0 Å². The molecule has 3 aliphatic rings. The van der Waals surface area contributed by atoms with E-state index in [1.165, 1.54) is 40.1 Å². The van der Waals surface area contributed by atoms with Gasteiger partial charge in [0.15, 0.2) is 0 Å². The first-order chi connectivity index (χ1) is 20.7. The van der Waals surface area contributed by atoms with E-state index in [1.807, 2.05) is 36.5 Å². The SMILES string of the molecule is CSc1ccc2c(c1)C1(CCC(Nc3cccc(Cl)c3)(C(=O)O)CC1)[C@@H](C[C@@H](C)COc1ccnc3c1[C@H](C)CCC3)C2. The summed E-state index contributed by atoms with van der Waals surface area (Å²) >= 11 is 8.02. The molecule has 1 aromatic heterocycles. The van der Waals surface area contributed by atoms with Gasteiger partial charge in [-0.1, -0.05) is 37.6 Å². The largest absolute Gasteiger partial charge is 0.493 e. The monoisotopic (exact) mass is 618 g/mol. The van der Waals surface area contributed by atoms with E-state index in [0.717, 1.165) is 43.5 Å². The van der Waals surface area contributed by atoms with Gasteiger partial charge in [0, 0.05) is 33.1 Å². The zero-order valence-electron chi connectivity index (χ0n) is 25.5. The van der Waals surface area contributed by atoms with Crippen LogP contribution in [0.4, 0.5) is 5.69 Å². The first-order valence-electron chi connectivity index (χ1n) is 15.8. The number of aryl methyl sites for hydroxylation is 1. The van der Waals surface area contributed by atoms with Crippen molar-refractivity contribution in [2.24, 2.45) is 11.8 Å². The Balaban J connectivity index is 1.22. The number of hydrogen-bond donors (Lipinski definition) is 2. The van der Waals surface area contributed by atoms with E-state index in [0.29, 0.717) is 42.2 Å². The van der Waals surface area contributed by atoms with E-state index in [9.17, 15) is 9.90 Å². The minimum absolute atomic E-state index is 0.0331. The highest BCUT2D eigenvalue weighted by atomic mass is 35.5. The molecular weight excluding hydrogens is 576 g/mol. The van der Waals surface area contributed by atoms with Crippen molar-refractivity contribution in [3.8, 4) is 5.75 Å². The summed E-state index contributed by atoms with van der Waals surface area (Å²) in [6, 6.07) is 16.4. The maximum Gasteiger partial charge on any atom is 0.329 e. The number of benzene rings is 2. The number of carboxylic acids is 1. The highest BCUT2D eigenvalue weighted by molar-refractivity contribution is 7.98. The van der Waals surface area contributed by atoms with Gasteiger partial charge >= 0.3 is 5.97 Å². The molecule has 1 spiro atoms. The number of nitrogens with zero attached hydrogens (tertiary/aromatic N) is 1. The normalized spacial score (nSPS) is 26.9. The van der Waals surface area contributed by atoms with E-state index in [-0.39, 0.29) is 5.41 Å². The minimum Gasteiger partial charge on any atom is -0.493 e. The molecule has 0 amide bonds. The molecule has 228 valence electrons. The Bertz CT molecular complexity index is 1490. The van der Waals surface area contributed by atoms with Gasteiger partial charge in [-0.05, 0) is 135 Å². The Morgan fingerprint density at radius 3 is 2.74 bits per heavy atom. The second-order valence-electron chi connectivity index (χ2n) is 13.2. The van der Waals surface area contributed by atoms with E-state index in [4.69, 9.17) is 16.3 Å². The Hall–Kier alpha value is -2.70. The summed E-state index contributed by atoms with van der Waals surface area (Å²) < 4.78 is 6.54. The number of pyridine rings is 1. The molecule has 1 saturated carbocycles. The number of halogens is 1. The summed E-state index contributed by atoms with van der Waals surface area (Å²) in [4.78, 5) is 18.7. The fourth-order valence-corrected chi connectivity index (χ4v) is 8.83. The molecule has 3 aromatic rings. The van der Waals surface area contributed by atoms with Crippen LogP contribution in [0.1, 0.15) is 87.1 Å². The topological polar surface area (TPSA) is 71.5 Å². The molecule has 3 aliphatic carbocycles. The van der Waals surface area contributed by atoms with Gasteiger partial charge in [0.2, 0.25) is 0 Å². The average Bonchev–Trinajstić information content (AvgIpc) is 3.28. The molecule has 7 heteroatoms. The zero-order chi connectivity index (χ0) is 30.2. The summed E-state index contributed by atoms with van der Waals surface area (Å²) in [5, 5.41) is 14.5. The molecule has 1 heterocycles. The molecule has 0 saturated heterocycles. The van der Waals surface area contributed by atoms with Crippen molar-refractivity contribution >= 4 is 35.0 Å². The molecule has 6 rings (SSSR count). The first kappa shape index (κ1) is 30.3. The van der Waals surface area contributed by atoms with Gasteiger partial charge in [-0.2, -0.15) is 0 Å². The number of carbonyl (C=O) groups is 1. The van der Waals surface area contributed by atoms with Gasteiger partial charge in [0.25, 0.3) is 0 Å². The molecular formula is C36H43ClN2O3S. The second-order valence-corrected chi connectivity index (χ2v) is 14.5. The lowest BCUT2D eigenvalue weighted by atomic mass is 9.59. The van der Waals surface area contributed by atoms with Gasteiger partial charge in [-0.15, -0.1) is 11.8 Å². The first-order valence-corrected chi connectivity index (χ1v) is 17.4. The van der Waals surface area contributed by atoms with Crippen LogP contribution in [0, 0.1) is 11.8 Å². The molecule has 0 aliphatic heterocycles. The van der Waals surface area contributed by atoms with Gasteiger partial charge in [-0.25, -0.2) is 4.79 Å². The molecule has 0 unspecified atom stereocenters. The number of aliphatic carboxylic acids is 1. The molecule has 2 aromatic carbocycles. The van der Waals surface area contributed by atoms with Crippen LogP contribution < -0.4 is 10.1 Å². The third-order valence-corrected chi connectivity index (χ3v) is 11.5. The predicted octanol–water partition coefficient (Wildman–Crippen LogP) is 8.92. The van der Waals surface area contributed by atoms with Crippen molar-refractivity contribution in [1.29, 1.82) is 0 Å². The highest BCUT2D eigenvalue weighted by Gasteiger charge is 2.54. The van der Waals surface area contributed by atoms with Gasteiger partial charge in [0.05, 0.1) is 6.61 Å². The quantitative estimate of drug-likeness (QED) is 0.233. The summed E-state index contributed by atoms with van der Waals surface area (Å²) in [5.41, 5.74) is 5.10. The molecule has 1 fully saturated rings. The van der Waals surface area contributed by atoms with Crippen LogP contribution in [0.15, 0.2) is 59.6 Å². The van der Waals surface area contributed by atoms with Crippen molar-refractivity contribution in [2.75, 3.05) is 18.2 Å². The van der Waals surface area contributed by atoms with Crippen LogP contribution >= 0.6 is 23.4 Å². The predicted molar refractivity (Wildman–Crippen MR) is 176 cm³/mol. The number of carboxylic acid groups (broad SMARTS) is 1. The van der Waals surface area contributed by atoms with Crippen LogP contribution in [0.3, 0.4) is 0 Å². The number of anilines is 1. The molecule has 3 atom stereocenters. The number of ether oxygens (including phenoxy) is 1. The lowest BCUT2D eigenvalue weighted by Gasteiger charge is -2.47. The molecule has 0 bridgehead atoms. The number of fused-ring (bicyclic) bond motifs is 3. The summed E-state index contributed by atoms with van der Waals surface area (Å²) in [6.07, 6.45) is 12.4. The summed E-state index contributed by atoms with van der Waals surface area (Å²) in [5.74, 6) is 1.52. The smallest absolute Gasteiger partial charge is 0.329 e. The van der Waals surface area contributed by atoms with Gasteiger partial charge in [-0.3, -0.25) is 4.98 Å². The van der Waals surface area contributed by atoms with Crippen molar-refractivity contribution in [3.05, 3.63) is 82.1 Å². The van der Waals surface area contributed by atoms with E-state index in [2.05, 4.69) is 48.6 Å². The second kappa shape index (κ2) is 12.4. The van der Waals surface area contributed by atoms with Crippen molar-refractivity contribution < 1.29 is 14.6 Å². The van der Waals surface area contributed by atoms with Crippen LogP contribution in [-0.2, 0) is 23.1 Å². The van der Waals surface area contributed by atoms with Crippen LogP contribution in [-0.4, -0.2) is 34.5 Å². The zero-order valence-corrected chi connectivity index (χ0v) is 27.1. The van der Waals surface area contributed by atoms with E-state index in [1.54, 1.807) is 11.8 Å². The maximum atomic E-state index is 12.8. The third-order valence-electron chi connectivity index (χ3n) is 10.5. The summed E-state index contributed by atoms with van der Waals surface area (Å²) in [6.45, 7) is 5.28. The Morgan fingerprint density at radius 2 is 2.00 bits per heavy atom. The Labute approximate surface area is 265 Å². The Morgan fingerprint density at radius 1 is 1.19 bits per heavy atom. The van der Waals surface area contributed by atoms with Gasteiger partial charge < -0.3 is 15.2 Å². The highest BCUT2D eigenvalue weighted by Crippen LogP contribution is 2.56.